The Bertz CT molecular complexity index is 830. The summed E-state index contributed by atoms with van der Waals surface area (Å²) in [5.74, 6) is 0.942. The highest BCUT2D eigenvalue weighted by atomic mass is 32.2. The molecule has 26 heavy (non-hydrogen) atoms. The molecule has 1 fully saturated rings. The topological polar surface area (TPSA) is 59.5 Å². The summed E-state index contributed by atoms with van der Waals surface area (Å²) in [7, 11) is -1.69. The molecule has 0 amide bonds. The minimum absolute atomic E-state index is 0.0665. The van der Waals surface area contributed by atoms with Crippen LogP contribution in [0.1, 0.15) is 30.2 Å². The van der Waals surface area contributed by atoms with Gasteiger partial charge in [-0.2, -0.15) is 0 Å². The summed E-state index contributed by atoms with van der Waals surface area (Å²) < 4.78 is 43.5. The summed E-state index contributed by atoms with van der Waals surface area (Å²) in [5.41, 5.74) is 1.85. The second-order valence-electron chi connectivity index (χ2n) is 6.30. The van der Waals surface area contributed by atoms with Crippen molar-refractivity contribution in [3.05, 3.63) is 34.7 Å². The molecule has 0 N–H and O–H groups in total. The molecule has 1 aromatic heterocycles. The van der Waals surface area contributed by atoms with Crippen molar-refractivity contribution in [2.75, 3.05) is 32.6 Å². The van der Waals surface area contributed by atoms with E-state index in [1.807, 2.05) is 29.6 Å². The summed E-state index contributed by atoms with van der Waals surface area (Å²) in [5, 5.41) is 3.06. The molecular formula is C18H23FN2O3S2. The Morgan fingerprint density at radius 2 is 2.04 bits per heavy atom. The first kappa shape index (κ1) is 19.3. The van der Waals surface area contributed by atoms with Crippen molar-refractivity contribution in [2.24, 2.45) is 0 Å². The maximum absolute atomic E-state index is 12.3. The SMILES string of the molecule is COc1ccccc1-c1csc(C2CCN(S(=O)(=O)CCCF)CC2)n1. The van der Waals surface area contributed by atoms with Gasteiger partial charge in [-0.25, -0.2) is 17.7 Å². The molecule has 0 atom stereocenters. The number of hydrogen-bond acceptors (Lipinski definition) is 5. The molecule has 3 rings (SSSR count). The van der Waals surface area contributed by atoms with Crippen molar-refractivity contribution < 1.29 is 17.5 Å². The third kappa shape index (κ3) is 4.24. The second kappa shape index (κ2) is 8.45. The number of sulfonamides is 1. The Balaban J connectivity index is 1.67. The highest BCUT2D eigenvalue weighted by Gasteiger charge is 2.29. The van der Waals surface area contributed by atoms with Gasteiger partial charge in [-0.15, -0.1) is 11.3 Å². The zero-order valence-corrected chi connectivity index (χ0v) is 16.4. The number of benzene rings is 1. The Kier molecular flexibility index (Phi) is 6.26. The Morgan fingerprint density at radius 3 is 2.73 bits per heavy atom. The van der Waals surface area contributed by atoms with Crippen molar-refractivity contribution in [2.45, 2.75) is 25.2 Å². The molecule has 2 aromatic rings. The highest BCUT2D eigenvalue weighted by Crippen LogP contribution is 2.36. The summed E-state index contributed by atoms with van der Waals surface area (Å²) in [6.07, 6.45) is 1.55. The predicted octanol–water partition coefficient (Wildman–Crippen LogP) is 3.69. The van der Waals surface area contributed by atoms with E-state index < -0.39 is 16.7 Å². The predicted molar refractivity (Wildman–Crippen MR) is 102 cm³/mol. The van der Waals surface area contributed by atoms with Gasteiger partial charge in [0.2, 0.25) is 10.0 Å². The van der Waals surface area contributed by atoms with Gasteiger partial charge in [0.25, 0.3) is 0 Å². The molecule has 1 aliphatic heterocycles. The number of ether oxygens (including phenoxy) is 1. The Hall–Kier alpha value is -1.51. The fraction of sp³-hybridized carbons (Fsp3) is 0.500. The highest BCUT2D eigenvalue weighted by molar-refractivity contribution is 7.89. The van der Waals surface area contributed by atoms with Gasteiger partial charge in [-0.05, 0) is 31.4 Å². The number of halogens is 1. The van der Waals surface area contributed by atoms with E-state index in [-0.39, 0.29) is 18.1 Å². The molecule has 5 nitrogen and oxygen atoms in total. The fourth-order valence-electron chi connectivity index (χ4n) is 3.20. The molecule has 0 aliphatic carbocycles. The number of alkyl halides is 1. The van der Waals surface area contributed by atoms with Gasteiger partial charge in [0.1, 0.15) is 5.75 Å². The van der Waals surface area contributed by atoms with Crippen LogP contribution in [0.5, 0.6) is 5.75 Å². The zero-order chi connectivity index (χ0) is 18.6. The quantitative estimate of drug-likeness (QED) is 0.714. The Morgan fingerprint density at radius 1 is 1.31 bits per heavy atom. The van der Waals surface area contributed by atoms with Gasteiger partial charge < -0.3 is 4.74 Å². The van der Waals surface area contributed by atoms with Crippen molar-refractivity contribution in [3.63, 3.8) is 0 Å². The molecule has 0 bridgehead atoms. The number of para-hydroxylation sites is 1. The maximum atomic E-state index is 12.3. The maximum Gasteiger partial charge on any atom is 0.214 e. The summed E-state index contributed by atoms with van der Waals surface area (Å²) in [6, 6.07) is 7.78. The van der Waals surface area contributed by atoms with Crippen molar-refractivity contribution in [1.82, 2.24) is 9.29 Å². The van der Waals surface area contributed by atoms with Crippen LogP contribution in [0.4, 0.5) is 4.39 Å². The molecule has 142 valence electrons. The van der Waals surface area contributed by atoms with E-state index >= 15 is 0 Å². The molecular weight excluding hydrogens is 375 g/mol. The van der Waals surface area contributed by atoms with E-state index in [0.29, 0.717) is 13.1 Å². The van der Waals surface area contributed by atoms with Crippen LogP contribution in [-0.2, 0) is 10.0 Å². The normalized spacial score (nSPS) is 16.7. The lowest BCUT2D eigenvalue weighted by Crippen LogP contribution is -2.39. The average Bonchev–Trinajstić information content (AvgIpc) is 3.16. The van der Waals surface area contributed by atoms with Crippen LogP contribution >= 0.6 is 11.3 Å². The van der Waals surface area contributed by atoms with Gasteiger partial charge in [-0.3, -0.25) is 4.39 Å². The first-order valence-electron chi connectivity index (χ1n) is 8.67. The smallest absolute Gasteiger partial charge is 0.214 e. The Labute approximate surface area is 157 Å². The van der Waals surface area contributed by atoms with Gasteiger partial charge in [0.05, 0.1) is 30.2 Å². The van der Waals surface area contributed by atoms with Crippen LogP contribution in [0.15, 0.2) is 29.6 Å². The summed E-state index contributed by atoms with van der Waals surface area (Å²) >= 11 is 1.61. The molecule has 0 saturated carbocycles. The molecule has 0 spiro atoms. The zero-order valence-electron chi connectivity index (χ0n) is 14.7. The van der Waals surface area contributed by atoms with Crippen molar-refractivity contribution in [1.29, 1.82) is 0 Å². The van der Waals surface area contributed by atoms with Crippen LogP contribution in [0.3, 0.4) is 0 Å². The lowest BCUT2D eigenvalue weighted by molar-refractivity contribution is 0.318. The number of nitrogens with zero attached hydrogens (tertiary/aromatic N) is 2. The molecule has 1 saturated heterocycles. The molecule has 2 heterocycles. The number of rotatable bonds is 7. The largest absolute Gasteiger partial charge is 0.496 e. The number of methoxy groups -OCH3 is 1. The molecule has 8 heteroatoms. The standard InChI is InChI=1S/C18H23FN2O3S2/c1-24-17-6-3-2-5-15(17)16-13-25-18(20-16)14-7-10-21(11-8-14)26(22,23)12-4-9-19/h2-3,5-6,13-14H,4,7-12H2,1H3. The number of piperidine rings is 1. The van der Waals surface area contributed by atoms with E-state index in [0.717, 1.165) is 34.9 Å². The average molecular weight is 399 g/mol. The van der Waals surface area contributed by atoms with Crippen molar-refractivity contribution in [3.8, 4) is 17.0 Å². The van der Waals surface area contributed by atoms with Crippen LogP contribution in [-0.4, -0.2) is 50.3 Å². The lowest BCUT2D eigenvalue weighted by Gasteiger charge is -2.30. The minimum atomic E-state index is -3.34. The van der Waals surface area contributed by atoms with Gasteiger partial charge in [0.15, 0.2) is 0 Å². The number of hydrogen-bond donors (Lipinski definition) is 0. The van der Waals surface area contributed by atoms with Crippen molar-refractivity contribution >= 4 is 21.4 Å². The monoisotopic (exact) mass is 398 g/mol. The van der Waals surface area contributed by atoms with Gasteiger partial charge >= 0.3 is 0 Å². The third-order valence-corrected chi connectivity index (χ3v) is 7.60. The molecule has 0 radical (unpaired) electrons. The van der Waals surface area contributed by atoms with Crippen LogP contribution in [0.25, 0.3) is 11.3 Å². The fourth-order valence-corrected chi connectivity index (χ4v) is 5.69. The third-order valence-electron chi connectivity index (χ3n) is 4.64. The van der Waals surface area contributed by atoms with Crippen LogP contribution < -0.4 is 4.74 Å². The van der Waals surface area contributed by atoms with E-state index in [1.165, 1.54) is 4.31 Å². The molecule has 1 aromatic carbocycles. The minimum Gasteiger partial charge on any atom is -0.496 e. The number of aromatic nitrogens is 1. The first-order valence-corrected chi connectivity index (χ1v) is 11.2. The van der Waals surface area contributed by atoms with Crippen LogP contribution in [0.2, 0.25) is 0 Å². The second-order valence-corrected chi connectivity index (χ2v) is 9.28. The summed E-state index contributed by atoms with van der Waals surface area (Å²) in [6.45, 7) is 0.353. The van der Waals surface area contributed by atoms with E-state index in [9.17, 15) is 12.8 Å². The lowest BCUT2D eigenvalue weighted by atomic mass is 9.99. The van der Waals surface area contributed by atoms with E-state index in [2.05, 4.69) is 0 Å². The number of thiazole rings is 1. The molecule has 1 aliphatic rings. The van der Waals surface area contributed by atoms with E-state index in [1.54, 1.807) is 18.4 Å². The van der Waals surface area contributed by atoms with E-state index in [4.69, 9.17) is 9.72 Å². The van der Waals surface area contributed by atoms with Gasteiger partial charge in [0, 0.05) is 30.0 Å². The molecule has 0 unspecified atom stereocenters. The van der Waals surface area contributed by atoms with Gasteiger partial charge in [-0.1, -0.05) is 12.1 Å². The van der Waals surface area contributed by atoms with Crippen LogP contribution in [0, 0.1) is 0 Å². The first-order chi connectivity index (χ1) is 12.5. The summed E-state index contributed by atoms with van der Waals surface area (Å²) in [4.78, 5) is 4.77.